The van der Waals surface area contributed by atoms with Crippen LogP contribution in [0, 0.1) is 17.5 Å². The molecule has 1 amide bonds. The molecular weight excluding hydrogens is 343 g/mol. The largest absolute Gasteiger partial charge is 0.380 e. The lowest BCUT2D eigenvalue weighted by Gasteiger charge is -2.09. The quantitative estimate of drug-likeness (QED) is 0.713. The molecule has 0 unspecified atom stereocenters. The van der Waals surface area contributed by atoms with E-state index in [9.17, 15) is 18.0 Å². The Morgan fingerprint density at radius 3 is 2.46 bits per heavy atom. The first-order valence-corrected chi connectivity index (χ1v) is 7.71. The van der Waals surface area contributed by atoms with Crippen molar-refractivity contribution in [2.24, 2.45) is 0 Å². The molecule has 0 fully saturated rings. The number of halogens is 3. The lowest BCUT2D eigenvalue weighted by molar-refractivity contribution is 0.102. The molecule has 0 radical (unpaired) electrons. The Morgan fingerprint density at radius 1 is 0.885 bits per heavy atom. The van der Waals surface area contributed by atoms with E-state index >= 15 is 0 Å². The van der Waals surface area contributed by atoms with Gasteiger partial charge in [-0.25, -0.2) is 13.2 Å². The van der Waals surface area contributed by atoms with Gasteiger partial charge in [0.15, 0.2) is 11.6 Å². The van der Waals surface area contributed by atoms with Crippen LogP contribution in [0.15, 0.2) is 60.9 Å². The predicted octanol–water partition coefficient (Wildman–Crippen LogP) is 4.36. The first-order chi connectivity index (χ1) is 12.5. The molecule has 0 saturated heterocycles. The molecule has 2 aromatic carbocycles. The summed E-state index contributed by atoms with van der Waals surface area (Å²) in [7, 11) is 0. The van der Waals surface area contributed by atoms with Crippen molar-refractivity contribution in [3.05, 3.63) is 89.5 Å². The molecule has 2 N–H and O–H groups in total. The van der Waals surface area contributed by atoms with E-state index < -0.39 is 17.5 Å². The zero-order valence-corrected chi connectivity index (χ0v) is 13.5. The first-order valence-electron chi connectivity index (χ1n) is 7.71. The maximum atomic E-state index is 13.6. The number of carbonyl (C=O) groups excluding carboxylic acids is 1. The van der Waals surface area contributed by atoms with Gasteiger partial charge in [-0.3, -0.25) is 9.78 Å². The van der Waals surface area contributed by atoms with Crippen molar-refractivity contribution in [3.63, 3.8) is 0 Å². The van der Waals surface area contributed by atoms with E-state index in [1.807, 2.05) is 0 Å². The molecule has 0 bridgehead atoms. The van der Waals surface area contributed by atoms with Crippen LogP contribution in [0.25, 0.3) is 0 Å². The maximum Gasteiger partial charge on any atom is 0.257 e. The molecular formula is C19H14F3N3O. The monoisotopic (exact) mass is 357 g/mol. The number of nitrogens with zero attached hydrogens (tertiary/aromatic N) is 1. The summed E-state index contributed by atoms with van der Waals surface area (Å²) in [5, 5.41) is 5.45. The fourth-order valence-corrected chi connectivity index (χ4v) is 2.28. The molecule has 7 heteroatoms. The zero-order chi connectivity index (χ0) is 18.5. The number of carbonyl (C=O) groups is 1. The van der Waals surface area contributed by atoms with Gasteiger partial charge in [0.1, 0.15) is 5.82 Å². The number of anilines is 2. The summed E-state index contributed by atoms with van der Waals surface area (Å²) >= 11 is 0. The SMILES string of the molecule is O=C(Nc1ccc(F)c(F)c1)c1cncc(NCc2ccccc2F)c1. The summed E-state index contributed by atoms with van der Waals surface area (Å²) in [5.74, 6) is -2.91. The number of hydrogen-bond acceptors (Lipinski definition) is 3. The molecule has 3 aromatic rings. The molecule has 0 atom stereocenters. The highest BCUT2D eigenvalue weighted by Crippen LogP contribution is 2.16. The number of pyridine rings is 1. The summed E-state index contributed by atoms with van der Waals surface area (Å²) in [6.45, 7) is 0.225. The van der Waals surface area contributed by atoms with E-state index in [2.05, 4.69) is 15.6 Å². The Hall–Kier alpha value is -3.35. The molecule has 0 aliphatic heterocycles. The van der Waals surface area contributed by atoms with E-state index in [1.165, 1.54) is 30.6 Å². The van der Waals surface area contributed by atoms with Gasteiger partial charge in [-0.05, 0) is 24.3 Å². The third kappa shape index (κ3) is 4.18. The highest BCUT2D eigenvalue weighted by molar-refractivity contribution is 6.04. The maximum absolute atomic E-state index is 13.6. The molecule has 1 aromatic heterocycles. The van der Waals surface area contributed by atoms with Gasteiger partial charge in [-0.15, -0.1) is 0 Å². The highest BCUT2D eigenvalue weighted by atomic mass is 19.2. The molecule has 1 heterocycles. The molecule has 3 rings (SSSR count). The van der Waals surface area contributed by atoms with Crippen LogP contribution in [-0.2, 0) is 6.54 Å². The number of benzene rings is 2. The van der Waals surface area contributed by atoms with Gasteiger partial charge in [-0.1, -0.05) is 18.2 Å². The Balaban J connectivity index is 1.69. The van der Waals surface area contributed by atoms with Crippen LogP contribution < -0.4 is 10.6 Å². The molecule has 132 valence electrons. The van der Waals surface area contributed by atoms with Crippen molar-refractivity contribution in [2.75, 3.05) is 10.6 Å². The van der Waals surface area contributed by atoms with Gasteiger partial charge in [0, 0.05) is 36.3 Å². The van der Waals surface area contributed by atoms with Crippen molar-refractivity contribution in [1.82, 2.24) is 4.98 Å². The van der Waals surface area contributed by atoms with E-state index in [0.29, 0.717) is 11.3 Å². The average molecular weight is 357 g/mol. The van der Waals surface area contributed by atoms with Crippen LogP contribution in [0.3, 0.4) is 0 Å². The Bertz CT molecular complexity index is 947. The average Bonchev–Trinajstić information content (AvgIpc) is 2.64. The van der Waals surface area contributed by atoms with Crippen molar-refractivity contribution in [1.29, 1.82) is 0 Å². The normalized spacial score (nSPS) is 10.4. The molecule has 0 saturated carbocycles. The van der Waals surface area contributed by atoms with E-state index in [4.69, 9.17) is 0 Å². The first kappa shape index (κ1) is 17.5. The van der Waals surface area contributed by atoms with Crippen LogP contribution in [0.2, 0.25) is 0 Å². The number of amides is 1. The number of nitrogens with one attached hydrogen (secondary N) is 2. The minimum Gasteiger partial charge on any atom is -0.380 e. The number of aromatic nitrogens is 1. The smallest absolute Gasteiger partial charge is 0.257 e. The van der Waals surface area contributed by atoms with Crippen molar-refractivity contribution < 1.29 is 18.0 Å². The zero-order valence-electron chi connectivity index (χ0n) is 13.5. The third-order valence-corrected chi connectivity index (χ3v) is 3.62. The fraction of sp³-hybridized carbons (Fsp3) is 0.0526. The summed E-state index contributed by atoms with van der Waals surface area (Å²) in [5.41, 5.74) is 1.34. The minimum atomic E-state index is -1.05. The standard InChI is InChI=1S/C19H14F3N3O/c20-16-4-2-1-3-12(16)10-24-15-7-13(9-23-11-15)19(26)25-14-5-6-17(21)18(22)8-14/h1-9,11,24H,10H2,(H,25,26). The fourth-order valence-electron chi connectivity index (χ4n) is 2.28. The van der Waals surface area contributed by atoms with Crippen molar-refractivity contribution in [2.45, 2.75) is 6.54 Å². The van der Waals surface area contributed by atoms with Gasteiger partial charge >= 0.3 is 0 Å². The van der Waals surface area contributed by atoms with Crippen LogP contribution in [0.1, 0.15) is 15.9 Å². The Labute approximate surface area is 147 Å². The van der Waals surface area contributed by atoms with Crippen molar-refractivity contribution in [3.8, 4) is 0 Å². The number of hydrogen-bond donors (Lipinski definition) is 2. The topological polar surface area (TPSA) is 54.0 Å². The van der Waals surface area contributed by atoms with E-state index in [-0.39, 0.29) is 23.6 Å². The summed E-state index contributed by atoms with van der Waals surface area (Å²) in [4.78, 5) is 16.2. The molecule has 26 heavy (non-hydrogen) atoms. The van der Waals surface area contributed by atoms with E-state index in [1.54, 1.807) is 18.2 Å². The predicted molar refractivity (Wildman–Crippen MR) is 92.3 cm³/mol. The summed E-state index contributed by atoms with van der Waals surface area (Å²) in [6, 6.07) is 10.9. The van der Waals surface area contributed by atoms with Crippen LogP contribution in [-0.4, -0.2) is 10.9 Å². The number of rotatable bonds is 5. The molecule has 0 spiro atoms. The minimum absolute atomic E-state index is 0.124. The van der Waals surface area contributed by atoms with Crippen LogP contribution in [0.4, 0.5) is 24.5 Å². The molecule has 0 aliphatic carbocycles. The Kier molecular flexibility index (Phi) is 5.17. The van der Waals surface area contributed by atoms with Gasteiger partial charge in [0.05, 0.1) is 11.3 Å². The van der Waals surface area contributed by atoms with E-state index in [0.717, 1.165) is 12.1 Å². The van der Waals surface area contributed by atoms with Gasteiger partial charge in [-0.2, -0.15) is 0 Å². The second-order valence-corrected chi connectivity index (χ2v) is 5.49. The Morgan fingerprint density at radius 2 is 1.69 bits per heavy atom. The van der Waals surface area contributed by atoms with Crippen LogP contribution >= 0.6 is 0 Å². The third-order valence-electron chi connectivity index (χ3n) is 3.62. The lowest BCUT2D eigenvalue weighted by atomic mass is 10.2. The summed E-state index contributed by atoms with van der Waals surface area (Å²) in [6.07, 6.45) is 2.83. The molecule has 0 aliphatic rings. The second kappa shape index (κ2) is 7.69. The lowest BCUT2D eigenvalue weighted by Crippen LogP contribution is -2.13. The van der Waals surface area contributed by atoms with Crippen LogP contribution in [0.5, 0.6) is 0 Å². The summed E-state index contributed by atoms with van der Waals surface area (Å²) < 4.78 is 39.8. The van der Waals surface area contributed by atoms with Gasteiger partial charge in [0.25, 0.3) is 5.91 Å². The molecule has 4 nitrogen and oxygen atoms in total. The second-order valence-electron chi connectivity index (χ2n) is 5.49. The highest BCUT2D eigenvalue weighted by Gasteiger charge is 2.10. The van der Waals surface area contributed by atoms with Gasteiger partial charge in [0.2, 0.25) is 0 Å². The van der Waals surface area contributed by atoms with Crippen molar-refractivity contribution >= 4 is 17.3 Å². The van der Waals surface area contributed by atoms with Gasteiger partial charge < -0.3 is 10.6 Å².